The first kappa shape index (κ1) is 7.79. The Morgan fingerprint density at radius 3 is 2.29 bits per heavy atom. The number of hydrogen-bond acceptors (Lipinski definition) is 0. The zero-order chi connectivity index (χ0) is 5.54. The van der Waals surface area contributed by atoms with Crippen LogP contribution < -0.4 is 0 Å². The van der Waals surface area contributed by atoms with Gasteiger partial charge in [-0.2, -0.15) is 0 Å². The van der Waals surface area contributed by atoms with Gasteiger partial charge in [0.25, 0.3) is 0 Å². The summed E-state index contributed by atoms with van der Waals surface area (Å²) in [6.45, 7) is 2.25. The van der Waals surface area contributed by atoms with Crippen molar-refractivity contribution in [2.45, 2.75) is 37.1 Å². The minimum atomic E-state index is 1.36. The first-order chi connectivity index (χ1) is 3.41. The molecule has 0 aliphatic heterocycles. The van der Waals surface area contributed by atoms with Crippen LogP contribution in [0.4, 0.5) is 0 Å². The van der Waals surface area contributed by atoms with Gasteiger partial charge in [0.2, 0.25) is 0 Å². The zero-order valence-electron chi connectivity index (χ0n) is 4.94. The van der Waals surface area contributed by atoms with E-state index in [0.29, 0.717) is 0 Å². The fourth-order valence-corrected chi connectivity index (χ4v) is 1.11. The van der Waals surface area contributed by atoms with Gasteiger partial charge in [0.1, 0.15) is 0 Å². The van der Waals surface area contributed by atoms with E-state index in [1.54, 1.807) is 0 Å². The minimum absolute atomic E-state index is 1.36. The SMILES string of the molecule is CCCCCC[Te]. The monoisotopic (exact) mass is 215 g/mol. The van der Waals surface area contributed by atoms with Crippen molar-refractivity contribution in [3.8, 4) is 0 Å². The molecular weight excluding hydrogens is 200 g/mol. The van der Waals surface area contributed by atoms with Crippen molar-refractivity contribution in [1.82, 2.24) is 0 Å². The number of rotatable bonds is 4. The summed E-state index contributed by atoms with van der Waals surface area (Å²) in [7, 11) is 0. The molecule has 0 aliphatic carbocycles. The summed E-state index contributed by atoms with van der Waals surface area (Å²) < 4.78 is 1.37. The fourth-order valence-electron chi connectivity index (χ4n) is 0.529. The number of hydrogen-bond donors (Lipinski definition) is 0. The van der Waals surface area contributed by atoms with Gasteiger partial charge >= 0.3 is 59.4 Å². The molecule has 1 radical (unpaired) electrons. The molecule has 0 saturated heterocycles. The van der Waals surface area contributed by atoms with E-state index in [2.05, 4.69) is 29.2 Å². The van der Waals surface area contributed by atoms with Crippen molar-refractivity contribution in [3.63, 3.8) is 0 Å². The van der Waals surface area contributed by atoms with Gasteiger partial charge in [-0.15, -0.1) is 0 Å². The molecule has 0 rings (SSSR count). The van der Waals surface area contributed by atoms with Crippen molar-refractivity contribution < 1.29 is 0 Å². The van der Waals surface area contributed by atoms with Gasteiger partial charge in [0.15, 0.2) is 0 Å². The van der Waals surface area contributed by atoms with Gasteiger partial charge in [-0.25, -0.2) is 0 Å². The maximum atomic E-state index is 2.25. The van der Waals surface area contributed by atoms with E-state index in [0.717, 1.165) is 0 Å². The summed E-state index contributed by atoms with van der Waals surface area (Å²) in [6.07, 6.45) is 5.66. The van der Waals surface area contributed by atoms with Gasteiger partial charge in [0, 0.05) is 0 Å². The topological polar surface area (TPSA) is 0 Å². The van der Waals surface area contributed by atoms with E-state index >= 15 is 0 Å². The molecule has 0 fully saturated rings. The van der Waals surface area contributed by atoms with Gasteiger partial charge in [-0.05, 0) is 0 Å². The normalized spacial score (nSPS) is 9.43. The van der Waals surface area contributed by atoms with Crippen LogP contribution in [0.25, 0.3) is 0 Å². The molecule has 0 aromatic heterocycles. The first-order valence-electron chi connectivity index (χ1n) is 3.00. The molecule has 0 aromatic rings. The van der Waals surface area contributed by atoms with E-state index < -0.39 is 0 Å². The molecule has 0 bridgehead atoms. The van der Waals surface area contributed by atoms with E-state index in [9.17, 15) is 0 Å². The Morgan fingerprint density at radius 2 is 1.86 bits per heavy atom. The molecule has 0 aromatic carbocycles. The van der Waals surface area contributed by atoms with E-state index in [1.165, 1.54) is 30.2 Å². The van der Waals surface area contributed by atoms with Crippen LogP contribution in [0.5, 0.6) is 0 Å². The summed E-state index contributed by atoms with van der Waals surface area (Å²) in [5.41, 5.74) is 0. The van der Waals surface area contributed by atoms with Crippen molar-refractivity contribution in [1.29, 1.82) is 0 Å². The summed E-state index contributed by atoms with van der Waals surface area (Å²) in [6, 6.07) is 0. The van der Waals surface area contributed by atoms with Crippen LogP contribution in [0.3, 0.4) is 0 Å². The molecule has 1 heteroatoms. The Labute approximate surface area is 59.6 Å². The molecule has 0 saturated carbocycles. The molecule has 0 unspecified atom stereocenters. The van der Waals surface area contributed by atoms with Gasteiger partial charge in [-0.3, -0.25) is 0 Å². The molecule has 7 heavy (non-hydrogen) atoms. The van der Waals surface area contributed by atoms with Gasteiger partial charge in [0.05, 0.1) is 0 Å². The maximum absolute atomic E-state index is 2.25. The summed E-state index contributed by atoms with van der Waals surface area (Å²) in [5.74, 6) is 0. The van der Waals surface area contributed by atoms with Crippen molar-refractivity contribution >= 4 is 22.3 Å². The molecule has 0 heterocycles. The molecule has 0 N–H and O–H groups in total. The molecular formula is C6H13Te. The van der Waals surface area contributed by atoms with E-state index in [1.807, 2.05) is 0 Å². The molecule has 0 spiro atoms. The van der Waals surface area contributed by atoms with Crippen molar-refractivity contribution in [2.75, 3.05) is 0 Å². The Balaban J connectivity index is 2.45. The average Bonchev–Trinajstić information content (AvgIpc) is 1.69. The van der Waals surface area contributed by atoms with Crippen LogP contribution in [-0.4, -0.2) is 22.3 Å². The molecule has 0 amide bonds. The van der Waals surface area contributed by atoms with Crippen LogP contribution in [0.1, 0.15) is 32.6 Å². The predicted molar refractivity (Wildman–Crippen MR) is 34.7 cm³/mol. The number of unbranched alkanes of at least 4 members (excludes halogenated alkanes) is 3. The van der Waals surface area contributed by atoms with E-state index in [4.69, 9.17) is 0 Å². The fraction of sp³-hybridized carbons (Fsp3) is 1.00. The second-order valence-electron chi connectivity index (χ2n) is 1.76. The quantitative estimate of drug-likeness (QED) is 0.495. The van der Waals surface area contributed by atoms with Crippen LogP contribution in [0.2, 0.25) is 4.47 Å². The Kier molecular flexibility index (Phi) is 7.56. The van der Waals surface area contributed by atoms with Crippen molar-refractivity contribution in [3.05, 3.63) is 0 Å². The van der Waals surface area contributed by atoms with Crippen LogP contribution in [0.15, 0.2) is 0 Å². The van der Waals surface area contributed by atoms with Crippen LogP contribution >= 0.6 is 0 Å². The molecule has 0 aliphatic rings. The Bertz CT molecular complexity index is 23.4. The standard InChI is InChI=1S/C6H13Te/c1-2-3-4-5-6-7/h2-6H2,1H3. The second kappa shape index (κ2) is 6.79. The Hall–Kier alpha value is 0.790. The van der Waals surface area contributed by atoms with Crippen molar-refractivity contribution in [2.24, 2.45) is 0 Å². The van der Waals surface area contributed by atoms with E-state index in [-0.39, 0.29) is 0 Å². The average molecular weight is 213 g/mol. The second-order valence-corrected chi connectivity index (χ2v) is 2.93. The Morgan fingerprint density at radius 1 is 1.14 bits per heavy atom. The first-order valence-corrected chi connectivity index (χ1v) is 4.64. The molecule has 0 atom stereocenters. The molecule has 43 valence electrons. The zero-order valence-corrected chi connectivity index (χ0v) is 7.27. The molecule has 0 nitrogen and oxygen atoms in total. The third kappa shape index (κ3) is 6.79. The predicted octanol–water partition coefficient (Wildman–Crippen LogP) is 2.15. The third-order valence-electron chi connectivity index (χ3n) is 0.998. The summed E-state index contributed by atoms with van der Waals surface area (Å²) >= 11 is 2.19. The summed E-state index contributed by atoms with van der Waals surface area (Å²) in [5, 5.41) is 0. The van der Waals surface area contributed by atoms with Gasteiger partial charge in [-0.1, -0.05) is 0 Å². The van der Waals surface area contributed by atoms with Crippen LogP contribution in [0, 0.1) is 0 Å². The summed E-state index contributed by atoms with van der Waals surface area (Å²) in [4.78, 5) is 0. The van der Waals surface area contributed by atoms with Gasteiger partial charge < -0.3 is 0 Å². The third-order valence-corrected chi connectivity index (χ3v) is 1.82. The van der Waals surface area contributed by atoms with Crippen LogP contribution in [-0.2, 0) is 0 Å².